The molecule has 1 atom stereocenters. The summed E-state index contributed by atoms with van der Waals surface area (Å²) < 4.78 is 4.82. The van der Waals surface area contributed by atoms with Crippen molar-refractivity contribution in [2.45, 2.75) is 32.9 Å². The van der Waals surface area contributed by atoms with Gasteiger partial charge in [-0.25, -0.2) is 0 Å². The van der Waals surface area contributed by atoms with Gasteiger partial charge in [0.25, 0.3) is 0 Å². The summed E-state index contributed by atoms with van der Waals surface area (Å²) in [5.41, 5.74) is 2.35. The van der Waals surface area contributed by atoms with Crippen LogP contribution in [0.4, 0.5) is 5.69 Å². The lowest BCUT2D eigenvalue weighted by Crippen LogP contribution is -2.49. The molecule has 3 aromatic carbocycles. The van der Waals surface area contributed by atoms with E-state index >= 15 is 0 Å². The van der Waals surface area contributed by atoms with E-state index in [4.69, 9.17) is 4.74 Å². The van der Waals surface area contributed by atoms with E-state index in [-0.39, 0.29) is 43.2 Å². The minimum Gasteiger partial charge on any atom is -0.375 e. The maximum atomic E-state index is 12.9. The third kappa shape index (κ3) is 7.15. The Morgan fingerprint density at radius 3 is 2.35 bits per heavy atom. The molecule has 0 aromatic heterocycles. The van der Waals surface area contributed by atoms with Crippen LogP contribution in [0.15, 0.2) is 66.7 Å². The summed E-state index contributed by atoms with van der Waals surface area (Å²) in [6, 6.07) is 20.5. The van der Waals surface area contributed by atoms with Crippen LogP contribution in [0.5, 0.6) is 0 Å². The first-order valence-electron chi connectivity index (χ1n) is 11.3. The van der Waals surface area contributed by atoms with Crippen molar-refractivity contribution in [1.82, 2.24) is 10.6 Å². The second kappa shape index (κ2) is 12.0. The first-order chi connectivity index (χ1) is 16.4. The second-order valence-corrected chi connectivity index (χ2v) is 8.55. The maximum Gasteiger partial charge on any atom is 0.250 e. The smallest absolute Gasteiger partial charge is 0.250 e. The van der Waals surface area contributed by atoms with Gasteiger partial charge in [0.05, 0.1) is 6.42 Å². The van der Waals surface area contributed by atoms with Crippen LogP contribution in [-0.4, -0.2) is 37.5 Å². The van der Waals surface area contributed by atoms with E-state index < -0.39 is 6.04 Å². The molecule has 0 saturated heterocycles. The summed E-state index contributed by atoms with van der Waals surface area (Å²) in [6.07, 6.45) is 0.199. The molecule has 34 heavy (non-hydrogen) atoms. The fourth-order valence-electron chi connectivity index (χ4n) is 3.68. The van der Waals surface area contributed by atoms with E-state index in [2.05, 4.69) is 16.0 Å². The molecule has 3 amide bonds. The van der Waals surface area contributed by atoms with Crippen molar-refractivity contribution in [3.05, 3.63) is 77.9 Å². The van der Waals surface area contributed by atoms with Crippen LogP contribution in [-0.2, 0) is 32.1 Å². The van der Waals surface area contributed by atoms with Crippen molar-refractivity contribution in [3.63, 3.8) is 0 Å². The fourth-order valence-corrected chi connectivity index (χ4v) is 3.68. The Morgan fingerprint density at radius 1 is 0.853 bits per heavy atom. The molecule has 178 valence electrons. The molecule has 7 nitrogen and oxygen atoms in total. The summed E-state index contributed by atoms with van der Waals surface area (Å²) in [6.45, 7) is 4.03. The molecule has 7 heteroatoms. The molecule has 0 bridgehead atoms. The molecule has 0 radical (unpaired) electrons. The fraction of sp³-hybridized carbons (Fsp3) is 0.296. The first-order valence-corrected chi connectivity index (χ1v) is 11.3. The molecule has 3 N–H and O–H groups in total. The zero-order valence-electron chi connectivity index (χ0n) is 19.8. The van der Waals surface area contributed by atoms with Crippen LogP contribution in [0.25, 0.3) is 10.8 Å². The third-order valence-electron chi connectivity index (χ3n) is 5.40. The van der Waals surface area contributed by atoms with Crippen molar-refractivity contribution in [1.29, 1.82) is 0 Å². The maximum absolute atomic E-state index is 12.9. The number of carbonyl (C=O) groups excluding carboxylic acids is 3. The van der Waals surface area contributed by atoms with Gasteiger partial charge < -0.3 is 20.7 Å². The summed E-state index contributed by atoms with van der Waals surface area (Å²) in [4.78, 5) is 37.3. The Morgan fingerprint density at radius 2 is 1.62 bits per heavy atom. The molecule has 0 fully saturated rings. The van der Waals surface area contributed by atoms with E-state index in [9.17, 15) is 14.4 Å². The number of anilines is 1. The minimum atomic E-state index is -0.655. The predicted octanol–water partition coefficient (Wildman–Crippen LogP) is 3.42. The lowest BCUT2D eigenvalue weighted by Gasteiger charge is -2.22. The number of rotatable bonds is 10. The van der Waals surface area contributed by atoms with Crippen molar-refractivity contribution in [2.75, 3.05) is 19.0 Å². The zero-order valence-corrected chi connectivity index (χ0v) is 19.8. The van der Waals surface area contributed by atoms with Gasteiger partial charge in [0, 0.05) is 19.3 Å². The molecular weight excluding hydrogens is 430 g/mol. The van der Waals surface area contributed by atoms with Crippen molar-refractivity contribution < 1.29 is 19.1 Å². The van der Waals surface area contributed by atoms with Gasteiger partial charge in [0.15, 0.2) is 0 Å². The molecule has 0 aliphatic carbocycles. The van der Waals surface area contributed by atoms with E-state index in [1.165, 1.54) is 7.11 Å². The van der Waals surface area contributed by atoms with Crippen LogP contribution in [0, 0.1) is 5.92 Å². The highest BCUT2D eigenvalue weighted by molar-refractivity contribution is 5.92. The molecule has 0 aliphatic rings. The van der Waals surface area contributed by atoms with E-state index in [1.807, 2.05) is 62.4 Å². The quantitative estimate of drug-likeness (QED) is 0.431. The number of amides is 3. The molecule has 1 unspecified atom stereocenters. The van der Waals surface area contributed by atoms with Crippen LogP contribution in [0.1, 0.15) is 25.0 Å². The highest BCUT2D eigenvalue weighted by Gasteiger charge is 2.24. The number of fused-ring (bicyclic) bond motifs is 1. The Labute approximate surface area is 199 Å². The van der Waals surface area contributed by atoms with Gasteiger partial charge in [-0.3, -0.25) is 14.4 Å². The molecule has 0 spiro atoms. The molecule has 3 rings (SSSR count). The Balaban J connectivity index is 1.57. The SMILES string of the molecule is COCC(=O)Nc1cccc(CNC(=O)C(NC(=O)Cc2ccc3ccccc3c2)C(C)C)c1. The summed E-state index contributed by atoms with van der Waals surface area (Å²) in [7, 11) is 1.46. The number of hydrogen-bond acceptors (Lipinski definition) is 4. The Bertz CT molecular complexity index is 1160. The van der Waals surface area contributed by atoms with Gasteiger partial charge in [-0.15, -0.1) is 0 Å². The van der Waals surface area contributed by atoms with Crippen LogP contribution < -0.4 is 16.0 Å². The lowest BCUT2D eigenvalue weighted by molar-refractivity contribution is -0.129. The second-order valence-electron chi connectivity index (χ2n) is 8.55. The number of carbonyl (C=O) groups is 3. The summed E-state index contributed by atoms with van der Waals surface area (Å²) in [5, 5.41) is 10.7. The molecule has 3 aromatic rings. The largest absolute Gasteiger partial charge is 0.375 e. The first kappa shape index (κ1) is 24.9. The number of benzene rings is 3. The van der Waals surface area contributed by atoms with Gasteiger partial charge in [-0.05, 0) is 39.9 Å². The molecule has 0 aliphatic heterocycles. The molecular formula is C27H31N3O4. The van der Waals surface area contributed by atoms with E-state index in [0.717, 1.165) is 21.9 Å². The van der Waals surface area contributed by atoms with Crippen LogP contribution in [0.2, 0.25) is 0 Å². The average molecular weight is 462 g/mol. The molecule has 0 heterocycles. The lowest BCUT2D eigenvalue weighted by atomic mass is 10.0. The van der Waals surface area contributed by atoms with Gasteiger partial charge in [0.2, 0.25) is 17.7 Å². The Kier molecular flexibility index (Phi) is 8.76. The van der Waals surface area contributed by atoms with Crippen LogP contribution >= 0.6 is 0 Å². The Hall–Kier alpha value is -3.71. The van der Waals surface area contributed by atoms with Gasteiger partial charge >= 0.3 is 0 Å². The normalized spacial score (nSPS) is 11.8. The number of ether oxygens (including phenoxy) is 1. The van der Waals surface area contributed by atoms with Crippen molar-refractivity contribution in [2.24, 2.45) is 5.92 Å². The van der Waals surface area contributed by atoms with Crippen molar-refractivity contribution >= 4 is 34.2 Å². The monoisotopic (exact) mass is 461 g/mol. The zero-order chi connectivity index (χ0) is 24.5. The van der Waals surface area contributed by atoms with Crippen molar-refractivity contribution in [3.8, 4) is 0 Å². The number of nitrogens with one attached hydrogen (secondary N) is 3. The number of hydrogen-bond donors (Lipinski definition) is 3. The van der Waals surface area contributed by atoms with Gasteiger partial charge in [-0.1, -0.05) is 68.4 Å². The van der Waals surface area contributed by atoms with Crippen LogP contribution in [0.3, 0.4) is 0 Å². The predicted molar refractivity (Wildman–Crippen MR) is 133 cm³/mol. The van der Waals surface area contributed by atoms with Gasteiger partial charge in [-0.2, -0.15) is 0 Å². The van der Waals surface area contributed by atoms with E-state index in [0.29, 0.717) is 5.69 Å². The average Bonchev–Trinajstić information content (AvgIpc) is 2.81. The van der Waals surface area contributed by atoms with Gasteiger partial charge in [0.1, 0.15) is 12.6 Å². The standard InChI is InChI=1S/C27H31N3O4/c1-18(2)26(30-24(31)15-19-11-12-21-8-4-5-9-22(21)13-19)27(33)28-16-20-7-6-10-23(14-20)29-25(32)17-34-3/h4-14,18,26H,15-17H2,1-3H3,(H,28,33)(H,29,32)(H,30,31). The highest BCUT2D eigenvalue weighted by atomic mass is 16.5. The molecule has 0 saturated carbocycles. The summed E-state index contributed by atoms with van der Waals surface area (Å²) in [5.74, 6) is -0.791. The number of methoxy groups -OCH3 is 1. The third-order valence-corrected chi connectivity index (χ3v) is 5.40. The topological polar surface area (TPSA) is 96.5 Å². The highest BCUT2D eigenvalue weighted by Crippen LogP contribution is 2.16. The minimum absolute atomic E-state index is 0.0318. The summed E-state index contributed by atoms with van der Waals surface area (Å²) >= 11 is 0. The van der Waals surface area contributed by atoms with E-state index in [1.54, 1.807) is 18.2 Å².